The highest BCUT2D eigenvalue weighted by molar-refractivity contribution is 7.90. The Morgan fingerprint density at radius 3 is 2.53 bits per heavy atom. The van der Waals surface area contributed by atoms with E-state index in [4.69, 9.17) is 4.74 Å². The average molecular weight is 477 g/mol. The molecule has 2 aromatic carbocycles. The molecule has 1 aromatic heterocycles. The zero-order valence-electron chi connectivity index (χ0n) is 18.2. The van der Waals surface area contributed by atoms with Gasteiger partial charge in [-0.15, -0.1) is 11.3 Å². The van der Waals surface area contributed by atoms with Gasteiger partial charge in [0.2, 0.25) is 0 Å². The summed E-state index contributed by atoms with van der Waals surface area (Å²) in [5, 5.41) is 0.515. The van der Waals surface area contributed by atoms with Gasteiger partial charge in [-0.1, -0.05) is 6.07 Å². The van der Waals surface area contributed by atoms with Gasteiger partial charge in [-0.05, 0) is 68.5 Å². The predicted octanol–water partition coefficient (Wildman–Crippen LogP) is 5.23. The minimum Gasteiger partial charge on any atom is -0.447 e. The molecule has 1 fully saturated rings. The number of fused-ring (bicyclic) bond motifs is 1. The summed E-state index contributed by atoms with van der Waals surface area (Å²) < 4.78 is 44.1. The van der Waals surface area contributed by atoms with Gasteiger partial charge >= 0.3 is 6.09 Å². The molecule has 0 unspecified atom stereocenters. The molecule has 9 heteroatoms. The first-order valence-corrected chi connectivity index (χ1v) is 13.2. The molecule has 4 rings (SSSR count). The van der Waals surface area contributed by atoms with Crippen molar-refractivity contribution in [2.24, 2.45) is 0 Å². The summed E-state index contributed by atoms with van der Waals surface area (Å²) >= 11 is 1.37. The Morgan fingerprint density at radius 2 is 1.91 bits per heavy atom. The maximum absolute atomic E-state index is 14.6. The number of ether oxygens (including phenoxy) is 1. The summed E-state index contributed by atoms with van der Waals surface area (Å²) in [5.74, 6) is -0.286. The van der Waals surface area contributed by atoms with Gasteiger partial charge in [0.15, 0.2) is 9.84 Å². The van der Waals surface area contributed by atoms with Crippen LogP contribution in [0.5, 0.6) is 0 Å². The van der Waals surface area contributed by atoms with Crippen LogP contribution >= 0.6 is 11.3 Å². The first-order valence-electron chi connectivity index (χ1n) is 10.5. The van der Waals surface area contributed by atoms with Crippen LogP contribution in [0.2, 0.25) is 0 Å². The Bertz CT molecular complexity index is 1260. The number of carbonyl (C=O) groups is 1. The van der Waals surface area contributed by atoms with Gasteiger partial charge in [0, 0.05) is 24.9 Å². The van der Waals surface area contributed by atoms with Crippen LogP contribution in [-0.2, 0) is 14.6 Å². The van der Waals surface area contributed by atoms with E-state index in [1.165, 1.54) is 23.5 Å². The molecule has 1 aliphatic rings. The number of amides is 1. The molecule has 3 aromatic rings. The van der Waals surface area contributed by atoms with E-state index in [1.54, 1.807) is 4.90 Å². The second-order valence-electron chi connectivity index (χ2n) is 8.35. The molecule has 0 N–H and O–H groups in total. The number of nitrogens with zero attached hydrogens (tertiary/aromatic N) is 2. The van der Waals surface area contributed by atoms with Crippen LogP contribution < -0.4 is 0 Å². The van der Waals surface area contributed by atoms with Crippen molar-refractivity contribution in [3.63, 3.8) is 0 Å². The summed E-state index contributed by atoms with van der Waals surface area (Å²) in [5.41, 5.74) is 2.23. The number of hydrogen-bond acceptors (Lipinski definition) is 6. The number of rotatable bonds is 4. The van der Waals surface area contributed by atoms with E-state index in [0.29, 0.717) is 24.0 Å². The van der Waals surface area contributed by atoms with Crippen LogP contribution in [0.3, 0.4) is 0 Å². The third-order valence-corrected chi connectivity index (χ3v) is 7.75. The summed E-state index contributed by atoms with van der Waals surface area (Å²) in [7, 11) is -3.47. The molecule has 1 saturated heterocycles. The fourth-order valence-corrected chi connectivity index (χ4v) is 5.49. The number of hydrogen-bond donors (Lipinski definition) is 0. The van der Waals surface area contributed by atoms with Gasteiger partial charge in [0.25, 0.3) is 0 Å². The van der Waals surface area contributed by atoms with Crippen LogP contribution in [0, 0.1) is 5.82 Å². The molecule has 32 heavy (non-hydrogen) atoms. The van der Waals surface area contributed by atoms with Gasteiger partial charge in [-0.2, -0.15) is 0 Å². The van der Waals surface area contributed by atoms with Gasteiger partial charge in [-0.25, -0.2) is 22.6 Å². The van der Waals surface area contributed by atoms with Gasteiger partial charge in [0.1, 0.15) is 10.8 Å². The largest absolute Gasteiger partial charge is 0.447 e. The Kier molecular flexibility index (Phi) is 6.22. The fourth-order valence-electron chi connectivity index (χ4n) is 3.89. The molecule has 0 aliphatic carbocycles. The first kappa shape index (κ1) is 22.7. The van der Waals surface area contributed by atoms with Crippen molar-refractivity contribution in [3.8, 4) is 10.6 Å². The number of piperidine rings is 1. The zero-order valence-corrected chi connectivity index (χ0v) is 19.8. The van der Waals surface area contributed by atoms with Crippen molar-refractivity contribution in [3.05, 3.63) is 47.8 Å². The van der Waals surface area contributed by atoms with E-state index in [0.717, 1.165) is 40.9 Å². The van der Waals surface area contributed by atoms with Crippen LogP contribution in [-0.4, -0.2) is 49.8 Å². The summed E-state index contributed by atoms with van der Waals surface area (Å²) in [4.78, 5) is 18.4. The standard InChI is InChI=1S/C23H25FN2O4S2/c1-14(2)30-23(27)26-10-8-15(9-11-26)16-4-7-21-20(12-16)25-22(31-21)18-6-5-17(13-19(18)24)32(3,28)29/h4-7,12-15H,8-11H2,1-3H3. The van der Waals surface area contributed by atoms with E-state index in [9.17, 15) is 17.6 Å². The van der Waals surface area contributed by atoms with E-state index >= 15 is 0 Å². The highest BCUT2D eigenvalue weighted by Gasteiger charge is 2.25. The topological polar surface area (TPSA) is 76.6 Å². The average Bonchev–Trinajstić information content (AvgIpc) is 3.15. The van der Waals surface area contributed by atoms with Crippen molar-refractivity contribution >= 4 is 37.5 Å². The third-order valence-electron chi connectivity index (χ3n) is 5.57. The lowest BCUT2D eigenvalue weighted by molar-refractivity contribution is 0.0692. The minimum absolute atomic E-state index is 0.0502. The van der Waals surface area contributed by atoms with E-state index in [1.807, 2.05) is 26.0 Å². The molecule has 0 radical (unpaired) electrons. The lowest BCUT2D eigenvalue weighted by Gasteiger charge is -2.32. The van der Waals surface area contributed by atoms with Crippen molar-refractivity contribution in [1.82, 2.24) is 9.88 Å². The quantitative estimate of drug-likeness (QED) is 0.515. The number of likely N-dealkylation sites (tertiary alicyclic amines) is 1. The normalized spacial score (nSPS) is 15.5. The lowest BCUT2D eigenvalue weighted by atomic mass is 9.89. The fraction of sp³-hybridized carbons (Fsp3) is 0.391. The van der Waals surface area contributed by atoms with Gasteiger partial charge < -0.3 is 9.64 Å². The minimum atomic E-state index is -3.47. The Labute approximate surface area is 190 Å². The number of aromatic nitrogens is 1. The predicted molar refractivity (Wildman–Crippen MR) is 123 cm³/mol. The maximum atomic E-state index is 14.6. The highest BCUT2D eigenvalue weighted by atomic mass is 32.2. The zero-order chi connectivity index (χ0) is 23.0. The highest BCUT2D eigenvalue weighted by Crippen LogP contribution is 2.36. The number of benzene rings is 2. The SMILES string of the molecule is CC(C)OC(=O)N1CCC(c2ccc3sc(-c4ccc(S(C)(=O)=O)cc4F)nc3c2)CC1. The molecule has 1 amide bonds. The Balaban J connectivity index is 1.53. The maximum Gasteiger partial charge on any atom is 0.410 e. The van der Waals surface area contributed by atoms with Crippen LogP contribution in [0.4, 0.5) is 9.18 Å². The smallest absolute Gasteiger partial charge is 0.410 e. The number of halogens is 1. The molecule has 2 heterocycles. The van der Waals surface area contributed by atoms with Gasteiger partial charge in [-0.3, -0.25) is 0 Å². The van der Waals surface area contributed by atoms with E-state index < -0.39 is 15.7 Å². The Hall–Kier alpha value is -2.52. The first-order chi connectivity index (χ1) is 15.1. The van der Waals surface area contributed by atoms with Crippen LogP contribution in [0.15, 0.2) is 41.3 Å². The van der Waals surface area contributed by atoms with Gasteiger partial charge in [0.05, 0.1) is 21.2 Å². The Morgan fingerprint density at radius 1 is 1.19 bits per heavy atom. The van der Waals surface area contributed by atoms with E-state index in [2.05, 4.69) is 11.1 Å². The molecule has 0 bridgehead atoms. The second kappa shape index (κ2) is 8.78. The molecular weight excluding hydrogens is 451 g/mol. The molecular formula is C23H25FN2O4S2. The van der Waals surface area contributed by atoms with Crippen molar-refractivity contribution in [2.75, 3.05) is 19.3 Å². The van der Waals surface area contributed by atoms with Crippen molar-refractivity contribution in [1.29, 1.82) is 0 Å². The second-order valence-corrected chi connectivity index (χ2v) is 11.4. The van der Waals surface area contributed by atoms with Crippen LogP contribution in [0.1, 0.15) is 38.2 Å². The summed E-state index contributed by atoms with van der Waals surface area (Å²) in [6.45, 7) is 4.98. The number of thiazole rings is 1. The monoisotopic (exact) mass is 476 g/mol. The van der Waals surface area contributed by atoms with Crippen molar-refractivity contribution < 1.29 is 22.3 Å². The molecule has 6 nitrogen and oxygen atoms in total. The molecule has 0 spiro atoms. The molecule has 1 aliphatic heterocycles. The number of sulfone groups is 1. The number of carbonyl (C=O) groups excluding carboxylic acids is 1. The molecule has 0 atom stereocenters. The molecule has 0 saturated carbocycles. The van der Waals surface area contributed by atoms with Crippen molar-refractivity contribution in [2.45, 2.75) is 43.6 Å². The molecule has 170 valence electrons. The summed E-state index contributed by atoms with van der Waals surface area (Å²) in [6.07, 6.45) is 2.35. The van der Waals surface area contributed by atoms with E-state index in [-0.39, 0.29) is 22.7 Å². The third kappa shape index (κ3) is 4.78. The van der Waals surface area contributed by atoms with Crippen LogP contribution in [0.25, 0.3) is 20.8 Å². The lowest BCUT2D eigenvalue weighted by Crippen LogP contribution is -2.39. The summed E-state index contributed by atoms with van der Waals surface area (Å²) in [6, 6.07) is 10.0.